The zero-order chi connectivity index (χ0) is 32.7. The highest BCUT2D eigenvalue weighted by Gasteiger charge is 2.34. The van der Waals surface area contributed by atoms with Crippen molar-refractivity contribution in [2.75, 3.05) is 20.7 Å². The highest BCUT2D eigenvalue weighted by molar-refractivity contribution is 5.95. The number of methoxy groups -OCH3 is 1. The molecule has 0 saturated carbocycles. The first-order chi connectivity index (χ1) is 21.6. The molecular formula is C33H37F3N4O5. The third-order valence-corrected chi connectivity index (χ3v) is 8.10. The third kappa shape index (κ3) is 7.80. The maximum Gasteiger partial charge on any atom is 0.257 e. The molecule has 0 radical (unpaired) electrons. The number of benzene rings is 2. The second kappa shape index (κ2) is 15.0. The van der Waals surface area contributed by atoms with E-state index in [0.29, 0.717) is 43.7 Å². The van der Waals surface area contributed by atoms with Gasteiger partial charge >= 0.3 is 0 Å². The van der Waals surface area contributed by atoms with E-state index in [1.165, 1.54) is 17.9 Å². The second-order valence-electron chi connectivity index (χ2n) is 11.0. The predicted octanol–water partition coefficient (Wildman–Crippen LogP) is 5.07. The highest BCUT2D eigenvalue weighted by atomic mass is 19.1. The molecule has 1 aliphatic heterocycles. The number of halogens is 3. The summed E-state index contributed by atoms with van der Waals surface area (Å²) in [7, 11) is 3.47. The van der Waals surface area contributed by atoms with Crippen LogP contribution in [0.3, 0.4) is 0 Å². The van der Waals surface area contributed by atoms with E-state index in [-0.39, 0.29) is 24.1 Å². The molecule has 1 fully saturated rings. The first kappa shape index (κ1) is 33.4. The van der Waals surface area contributed by atoms with Gasteiger partial charge in [0, 0.05) is 49.4 Å². The Hall–Kier alpha value is -4.45. The molecule has 45 heavy (non-hydrogen) atoms. The van der Waals surface area contributed by atoms with E-state index in [2.05, 4.69) is 17.1 Å². The van der Waals surface area contributed by atoms with Gasteiger partial charge in [0.2, 0.25) is 5.43 Å². The topological polar surface area (TPSA) is 102 Å². The average molecular weight is 627 g/mol. The van der Waals surface area contributed by atoms with Crippen LogP contribution in [0, 0.1) is 17.5 Å². The molecule has 1 aromatic heterocycles. The molecule has 3 unspecified atom stereocenters. The first-order valence-corrected chi connectivity index (χ1v) is 14.7. The largest absolute Gasteiger partial charge is 0.484 e. The standard InChI is InChI=1S/C33H37F3N4O5/c1-5-30(44-4)38-27-12-11-20(2)39(3)17-28(27)40-16-24(33(43)37-15-23-25(35)13-22(34)14-26(23)36)31(42)32(29(40)18-41)45-19-21-9-7-6-8-10-21/h6-10,13-14,16,18,20,27-28H,5,11-12,15,17,19H2,1-4H3,(H,37,43)/b38-30+. The van der Waals surface area contributed by atoms with Crippen molar-refractivity contribution in [3.8, 4) is 5.75 Å². The lowest BCUT2D eigenvalue weighted by molar-refractivity contribution is 0.0945. The number of amides is 1. The van der Waals surface area contributed by atoms with Gasteiger partial charge in [0.15, 0.2) is 17.9 Å². The summed E-state index contributed by atoms with van der Waals surface area (Å²) in [5.74, 6) is -4.26. The van der Waals surface area contributed by atoms with Crippen LogP contribution in [0.15, 0.2) is 58.4 Å². The van der Waals surface area contributed by atoms with Crippen LogP contribution in [0.2, 0.25) is 0 Å². The Balaban J connectivity index is 1.84. The van der Waals surface area contributed by atoms with Gasteiger partial charge in [-0.05, 0) is 32.4 Å². The number of likely N-dealkylation sites (tertiary alicyclic amines) is 1. The number of likely N-dealkylation sites (N-methyl/N-ethyl adjacent to an activating group) is 1. The lowest BCUT2D eigenvalue weighted by Gasteiger charge is -2.31. The van der Waals surface area contributed by atoms with Gasteiger partial charge in [-0.3, -0.25) is 19.4 Å². The molecule has 1 N–H and O–H groups in total. The van der Waals surface area contributed by atoms with Crippen LogP contribution >= 0.6 is 0 Å². The summed E-state index contributed by atoms with van der Waals surface area (Å²) in [6.07, 6.45) is 3.73. The zero-order valence-electron chi connectivity index (χ0n) is 25.7. The van der Waals surface area contributed by atoms with E-state index in [9.17, 15) is 27.6 Å². The monoisotopic (exact) mass is 626 g/mol. The lowest BCUT2D eigenvalue weighted by Crippen LogP contribution is -2.38. The Kier molecular flexibility index (Phi) is 11.2. The molecule has 1 amide bonds. The summed E-state index contributed by atoms with van der Waals surface area (Å²) in [4.78, 5) is 46.9. The number of nitrogens with zero attached hydrogens (tertiary/aromatic N) is 3. The number of carbonyl (C=O) groups is 2. The number of aliphatic imine (C=N–C) groups is 1. The zero-order valence-corrected chi connectivity index (χ0v) is 25.7. The van der Waals surface area contributed by atoms with E-state index in [4.69, 9.17) is 14.5 Å². The summed E-state index contributed by atoms with van der Waals surface area (Å²) < 4.78 is 55.0. The van der Waals surface area contributed by atoms with Crippen LogP contribution in [0.5, 0.6) is 5.75 Å². The number of aromatic nitrogens is 1. The summed E-state index contributed by atoms with van der Waals surface area (Å²) >= 11 is 0. The molecule has 3 aromatic rings. The molecule has 9 nitrogen and oxygen atoms in total. The molecule has 2 aromatic carbocycles. The second-order valence-corrected chi connectivity index (χ2v) is 11.0. The Bertz CT molecular complexity index is 1580. The minimum Gasteiger partial charge on any atom is -0.484 e. The molecule has 0 spiro atoms. The van der Waals surface area contributed by atoms with Gasteiger partial charge in [0.1, 0.15) is 35.3 Å². The number of pyridine rings is 1. The number of nitrogens with one attached hydrogen (secondary N) is 1. The SMILES string of the molecule is CC/C(=N\C1CCC(C)N(C)CC1n1cc(C(=O)NCc2c(F)cc(F)cc2F)c(=O)c(OCc2ccccc2)c1C=O)OC. The molecule has 1 saturated heterocycles. The fourth-order valence-electron chi connectivity index (χ4n) is 5.37. The van der Waals surface area contributed by atoms with E-state index in [1.54, 1.807) is 24.3 Å². The van der Waals surface area contributed by atoms with E-state index >= 15 is 0 Å². The first-order valence-electron chi connectivity index (χ1n) is 14.7. The maximum atomic E-state index is 14.3. The number of carbonyl (C=O) groups excluding carboxylic acids is 2. The number of aldehydes is 1. The summed E-state index contributed by atoms with van der Waals surface area (Å²) in [6.45, 7) is 3.67. The molecule has 0 aliphatic carbocycles. The molecule has 1 aliphatic rings. The van der Waals surface area contributed by atoms with E-state index in [0.717, 1.165) is 12.0 Å². The Morgan fingerprint density at radius 2 is 1.82 bits per heavy atom. The van der Waals surface area contributed by atoms with Crippen molar-refractivity contribution < 1.29 is 32.2 Å². The summed E-state index contributed by atoms with van der Waals surface area (Å²) in [5, 5.41) is 2.36. The minimum absolute atomic E-state index is 0.0686. The summed E-state index contributed by atoms with van der Waals surface area (Å²) in [6, 6.07) is 9.22. The molecule has 0 bridgehead atoms. The van der Waals surface area contributed by atoms with Crippen molar-refractivity contribution in [2.45, 2.75) is 64.4 Å². The predicted molar refractivity (Wildman–Crippen MR) is 163 cm³/mol. The number of ether oxygens (including phenoxy) is 2. The normalized spacial score (nSPS) is 19.1. The van der Waals surface area contributed by atoms with Gasteiger partial charge < -0.3 is 24.3 Å². The lowest BCUT2D eigenvalue weighted by atomic mass is 10.0. The molecule has 2 heterocycles. The molecule has 12 heteroatoms. The van der Waals surface area contributed by atoms with Crippen molar-refractivity contribution >= 4 is 18.1 Å². The van der Waals surface area contributed by atoms with Crippen LogP contribution < -0.4 is 15.5 Å². The van der Waals surface area contributed by atoms with Gasteiger partial charge in [-0.1, -0.05) is 37.3 Å². The minimum atomic E-state index is -1.19. The van der Waals surface area contributed by atoms with Crippen LogP contribution in [0.25, 0.3) is 0 Å². The van der Waals surface area contributed by atoms with E-state index < -0.39 is 58.5 Å². The molecular weight excluding hydrogens is 589 g/mol. The van der Waals surface area contributed by atoms with Crippen LogP contribution in [-0.4, -0.2) is 60.3 Å². The Morgan fingerprint density at radius 3 is 2.44 bits per heavy atom. The van der Waals surface area contributed by atoms with Crippen LogP contribution in [0.1, 0.15) is 71.1 Å². The van der Waals surface area contributed by atoms with Crippen LogP contribution in [-0.2, 0) is 17.9 Å². The van der Waals surface area contributed by atoms with Crippen molar-refractivity contribution in [3.05, 3.63) is 98.7 Å². The fraction of sp³-hybridized carbons (Fsp3) is 0.394. The van der Waals surface area contributed by atoms with Crippen molar-refractivity contribution in [2.24, 2.45) is 4.99 Å². The smallest absolute Gasteiger partial charge is 0.257 e. The third-order valence-electron chi connectivity index (χ3n) is 8.10. The van der Waals surface area contributed by atoms with Crippen LogP contribution in [0.4, 0.5) is 13.2 Å². The molecule has 3 atom stereocenters. The van der Waals surface area contributed by atoms with Crippen molar-refractivity contribution in [1.29, 1.82) is 0 Å². The maximum absolute atomic E-state index is 14.3. The number of hydrogen-bond acceptors (Lipinski definition) is 7. The van der Waals surface area contributed by atoms with Gasteiger partial charge in [-0.15, -0.1) is 0 Å². The summed E-state index contributed by atoms with van der Waals surface area (Å²) in [5.41, 5.74) is -1.21. The number of rotatable bonds is 10. The highest BCUT2D eigenvalue weighted by Crippen LogP contribution is 2.30. The quantitative estimate of drug-likeness (QED) is 0.192. The Labute approximate surface area is 259 Å². The van der Waals surface area contributed by atoms with Gasteiger partial charge in [0.25, 0.3) is 5.91 Å². The van der Waals surface area contributed by atoms with Gasteiger partial charge in [-0.25, -0.2) is 13.2 Å². The fourth-order valence-corrected chi connectivity index (χ4v) is 5.37. The number of hydrogen-bond donors (Lipinski definition) is 1. The van der Waals surface area contributed by atoms with E-state index in [1.807, 2.05) is 20.0 Å². The average Bonchev–Trinajstić information content (AvgIpc) is 3.16. The molecule has 4 rings (SSSR count). The Morgan fingerprint density at radius 1 is 1.13 bits per heavy atom. The van der Waals surface area contributed by atoms with Gasteiger partial charge in [0.05, 0.1) is 19.2 Å². The van der Waals surface area contributed by atoms with Crippen molar-refractivity contribution in [1.82, 2.24) is 14.8 Å². The van der Waals surface area contributed by atoms with Crippen molar-refractivity contribution in [3.63, 3.8) is 0 Å². The molecule has 240 valence electrons. The van der Waals surface area contributed by atoms with Gasteiger partial charge in [-0.2, -0.15) is 0 Å².